The number of amides is 1. The fourth-order valence-electron chi connectivity index (χ4n) is 4.34. The molecule has 0 radical (unpaired) electrons. The fourth-order valence-corrected chi connectivity index (χ4v) is 4.34. The average molecular weight is 387 g/mol. The van der Waals surface area contributed by atoms with Gasteiger partial charge in [-0.2, -0.15) is 0 Å². The number of carbonyl (C=O) groups excluding carboxylic acids is 1. The van der Waals surface area contributed by atoms with E-state index in [2.05, 4.69) is 15.3 Å². The zero-order chi connectivity index (χ0) is 20.0. The zero-order valence-corrected chi connectivity index (χ0v) is 16.0. The van der Waals surface area contributed by atoms with Crippen LogP contribution in [0.4, 0.5) is 0 Å². The lowest BCUT2D eigenvalue weighted by Crippen LogP contribution is -2.32. The molecule has 1 amide bonds. The van der Waals surface area contributed by atoms with Gasteiger partial charge in [0.05, 0.1) is 18.7 Å². The maximum Gasteiger partial charge on any atom is 0.252 e. The minimum atomic E-state index is -0.282. The summed E-state index contributed by atoms with van der Waals surface area (Å²) in [5.41, 5.74) is 4.09. The van der Waals surface area contributed by atoms with Gasteiger partial charge in [-0.25, -0.2) is 0 Å². The minimum Gasteiger partial charge on any atom is -0.497 e. The number of hydrogen-bond acceptors (Lipinski definition) is 3. The lowest BCUT2D eigenvalue weighted by atomic mass is 9.91. The van der Waals surface area contributed by atoms with Crippen LogP contribution >= 0.6 is 0 Å². The van der Waals surface area contributed by atoms with Crippen LogP contribution in [-0.4, -0.2) is 23.0 Å². The number of ether oxygens (including phenoxy) is 1. The van der Waals surface area contributed by atoms with Crippen LogP contribution in [-0.2, 0) is 6.42 Å². The number of pyridine rings is 1. The first-order valence-electron chi connectivity index (χ1n) is 9.75. The molecular weight excluding hydrogens is 366 g/mol. The van der Waals surface area contributed by atoms with E-state index in [1.165, 1.54) is 11.6 Å². The largest absolute Gasteiger partial charge is 0.497 e. The van der Waals surface area contributed by atoms with E-state index in [9.17, 15) is 9.59 Å². The molecule has 0 unspecified atom stereocenters. The second kappa shape index (κ2) is 6.81. The Morgan fingerprint density at radius 2 is 1.90 bits per heavy atom. The number of aryl methyl sites for hydroxylation is 1. The Labute approximate surface area is 166 Å². The van der Waals surface area contributed by atoms with Gasteiger partial charge in [0, 0.05) is 33.6 Å². The van der Waals surface area contributed by atoms with Crippen molar-refractivity contribution in [2.75, 3.05) is 7.11 Å². The highest BCUT2D eigenvalue weighted by Crippen LogP contribution is 2.36. The lowest BCUT2D eigenvalue weighted by molar-refractivity contribution is 0.0933. The summed E-state index contributed by atoms with van der Waals surface area (Å²) in [6.07, 6.45) is 2.80. The fraction of sp³-hybridized carbons (Fsp3) is 0.217. The molecule has 6 nitrogen and oxygen atoms in total. The molecule has 2 aromatic carbocycles. The molecule has 4 aromatic rings. The SMILES string of the molecule is COc1ccc2[nH]c3c(c2c1)CCC[C@H]3NC(=O)c1cc(=O)[nH]c2ccccc12. The number of nitrogens with one attached hydrogen (secondary N) is 3. The topological polar surface area (TPSA) is 87.0 Å². The highest BCUT2D eigenvalue weighted by Gasteiger charge is 2.26. The molecule has 3 N–H and O–H groups in total. The summed E-state index contributed by atoms with van der Waals surface area (Å²) in [7, 11) is 1.66. The smallest absolute Gasteiger partial charge is 0.252 e. The number of fused-ring (bicyclic) bond motifs is 4. The summed E-state index contributed by atoms with van der Waals surface area (Å²) in [5.74, 6) is 0.585. The molecule has 0 fully saturated rings. The van der Waals surface area contributed by atoms with Gasteiger partial charge in [-0.15, -0.1) is 0 Å². The first-order chi connectivity index (χ1) is 14.1. The summed E-state index contributed by atoms with van der Waals surface area (Å²) in [5, 5.41) is 5.02. The van der Waals surface area contributed by atoms with Crippen LogP contribution in [0.1, 0.15) is 40.5 Å². The number of H-pyrrole nitrogens is 2. The normalized spacial score (nSPS) is 16.0. The predicted octanol–water partition coefficient (Wildman–Crippen LogP) is 3.83. The summed E-state index contributed by atoms with van der Waals surface area (Å²) in [4.78, 5) is 31.4. The zero-order valence-electron chi connectivity index (χ0n) is 16.0. The van der Waals surface area contributed by atoms with Crippen molar-refractivity contribution < 1.29 is 9.53 Å². The Balaban J connectivity index is 1.53. The molecule has 146 valence electrons. The average Bonchev–Trinajstić information content (AvgIpc) is 3.12. The Morgan fingerprint density at radius 3 is 2.76 bits per heavy atom. The number of hydrogen-bond donors (Lipinski definition) is 3. The van der Waals surface area contributed by atoms with E-state index in [0.717, 1.165) is 47.0 Å². The minimum absolute atomic E-state index is 0.123. The summed E-state index contributed by atoms with van der Waals surface area (Å²) in [6, 6.07) is 14.6. The van der Waals surface area contributed by atoms with E-state index in [0.29, 0.717) is 11.1 Å². The number of rotatable bonds is 3. The van der Waals surface area contributed by atoms with E-state index in [-0.39, 0.29) is 17.5 Å². The van der Waals surface area contributed by atoms with Crippen molar-refractivity contribution in [2.45, 2.75) is 25.3 Å². The Bertz CT molecular complexity index is 1300. The first kappa shape index (κ1) is 17.6. The van der Waals surface area contributed by atoms with Gasteiger partial charge < -0.3 is 20.0 Å². The molecule has 1 atom stereocenters. The third kappa shape index (κ3) is 2.97. The van der Waals surface area contributed by atoms with Gasteiger partial charge in [0.2, 0.25) is 5.56 Å². The van der Waals surface area contributed by atoms with E-state index < -0.39 is 0 Å². The van der Waals surface area contributed by atoms with Crippen molar-refractivity contribution in [2.24, 2.45) is 0 Å². The van der Waals surface area contributed by atoms with Gasteiger partial charge in [0.1, 0.15) is 5.75 Å². The van der Waals surface area contributed by atoms with Gasteiger partial charge in [-0.3, -0.25) is 9.59 Å². The molecule has 2 heterocycles. The van der Waals surface area contributed by atoms with E-state index >= 15 is 0 Å². The van der Waals surface area contributed by atoms with Crippen LogP contribution in [0, 0.1) is 0 Å². The Hall–Kier alpha value is -3.54. The Morgan fingerprint density at radius 1 is 1.07 bits per heavy atom. The summed E-state index contributed by atoms with van der Waals surface area (Å²) in [6.45, 7) is 0. The number of para-hydroxylation sites is 1. The lowest BCUT2D eigenvalue weighted by Gasteiger charge is -2.24. The van der Waals surface area contributed by atoms with Crippen LogP contribution < -0.4 is 15.6 Å². The van der Waals surface area contributed by atoms with Crippen molar-refractivity contribution in [3.05, 3.63) is 75.7 Å². The van der Waals surface area contributed by atoms with E-state index in [1.54, 1.807) is 13.2 Å². The van der Waals surface area contributed by atoms with Crippen molar-refractivity contribution in [1.29, 1.82) is 0 Å². The number of aromatic nitrogens is 2. The molecule has 6 heteroatoms. The molecule has 29 heavy (non-hydrogen) atoms. The number of carbonyl (C=O) groups is 1. The third-order valence-corrected chi connectivity index (χ3v) is 5.71. The second-order valence-electron chi connectivity index (χ2n) is 7.44. The van der Waals surface area contributed by atoms with Gasteiger partial charge >= 0.3 is 0 Å². The molecule has 0 saturated heterocycles. The molecule has 0 spiro atoms. The number of methoxy groups -OCH3 is 1. The quantitative estimate of drug-likeness (QED) is 0.499. The summed E-state index contributed by atoms with van der Waals surface area (Å²) >= 11 is 0. The van der Waals surface area contributed by atoms with Crippen molar-refractivity contribution in [3.63, 3.8) is 0 Å². The van der Waals surface area contributed by atoms with Crippen LogP contribution in [0.2, 0.25) is 0 Å². The van der Waals surface area contributed by atoms with E-state index in [4.69, 9.17) is 4.74 Å². The molecule has 5 rings (SSSR count). The molecule has 2 aromatic heterocycles. The summed E-state index contributed by atoms with van der Waals surface area (Å²) < 4.78 is 5.37. The van der Waals surface area contributed by atoms with Gasteiger partial charge in [0.15, 0.2) is 0 Å². The van der Waals surface area contributed by atoms with Gasteiger partial charge in [-0.1, -0.05) is 18.2 Å². The van der Waals surface area contributed by atoms with Crippen molar-refractivity contribution in [3.8, 4) is 5.75 Å². The first-order valence-corrected chi connectivity index (χ1v) is 9.75. The van der Waals surface area contributed by atoms with Crippen LogP contribution in [0.15, 0.2) is 53.3 Å². The van der Waals surface area contributed by atoms with Gasteiger partial charge in [0.25, 0.3) is 5.91 Å². The molecule has 0 aliphatic heterocycles. The van der Waals surface area contributed by atoms with Crippen molar-refractivity contribution in [1.82, 2.24) is 15.3 Å². The van der Waals surface area contributed by atoms with Gasteiger partial charge in [-0.05, 0) is 49.1 Å². The van der Waals surface area contributed by atoms with Crippen LogP contribution in [0.25, 0.3) is 21.8 Å². The maximum atomic E-state index is 13.1. The highest BCUT2D eigenvalue weighted by atomic mass is 16.5. The maximum absolute atomic E-state index is 13.1. The predicted molar refractivity (Wildman–Crippen MR) is 113 cm³/mol. The van der Waals surface area contributed by atoms with Crippen molar-refractivity contribution >= 4 is 27.7 Å². The standard InChI is InChI=1S/C23H21N3O3/c1-29-13-9-10-19-16(11-13)15-6-4-8-20(22(15)25-19)26-23(28)17-12-21(27)24-18-7-3-2-5-14(17)18/h2-3,5,7,9-12,20,25H,4,6,8H2,1H3,(H,24,27)(H,26,28)/t20-/m1/s1. The number of aromatic amines is 2. The number of benzene rings is 2. The molecule has 1 aliphatic carbocycles. The Kier molecular flexibility index (Phi) is 4.12. The molecule has 0 saturated carbocycles. The molecule has 0 bridgehead atoms. The highest BCUT2D eigenvalue weighted by molar-refractivity contribution is 6.06. The van der Waals surface area contributed by atoms with E-state index in [1.807, 2.05) is 36.4 Å². The monoisotopic (exact) mass is 387 g/mol. The van der Waals surface area contributed by atoms with Crippen LogP contribution in [0.3, 0.4) is 0 Å². The third-order valence-electron chi connectivity index (χ3n) is 5.71. The second-order valence-corrected chi connectivity index (χ2v) is 7.44. The van der Waals surface area contributed by atoms with Crippen LogP contribution in [0.5, 0.6) is 5.75 Å². The molecule has 1 aliphatic rings. The molecular formula is C23H21N3O3.